The van der Waals surface area contributed by atoms with Gasteiger partial charge < -0.3 is 10.1 Å². The summed E-state index contributed by atoms with van der Waals surface area (Å²) in [5.41, 5.74) is 6.46. The molecule has 194 valence electrons. The molecule has 2 aliphatic rings. The quantitative estimate of drug-likeness (QED) is 0.212. The Bertz CT molecular complexity index is 912. The second kappa shape index (κ2) is 15.4. The highest BCUT2D eigenvalue weighted by Crippen LogP contribution is 2.45. The minimum absolute atomic E-state index is 0.148. The van der Waals surface area contributed by atoms with Crippen molar-refractivity contribution in [2.75, 3.05) is 20.3 Å². The van der Waals surface area contributed by atoms with Gasteiger partial charge in [0.2, 0.25) is 0 Å². The Kier molecular flexibility index (Phi) is 12.9. The van der Waals surface area contributed by atoms with Gasteiger partial charge in [-0.3, -0.25) is 0 Å². The summed E-state index contributed by atoms with van der Waals surface area (Å²) in [5.74, 6) is 1.33. The molecule has 0 fully saturated rings. The lowest BCUT2D eigenvalue weighted by atomic mass is 9.75. The van der Waals surface area contributed by atoms with Crippen LogP contribution in [-0.4, -0.2) is 20.3 Å². The molecule has 35 heavy (non-hydrogen) atoms. The average Bonchev–Trinajstić information content (AvgIpc) is 3.00. The van der Waals surface area contributed by atoms with Gasteiger partial charge >= 0.3 is 0 Å². The molecule has 1 heterocycles. The molecule has 3 atom stereocenters. The standard InChI is InChI=1S/C24H30FNOS.C7H16/c1-4-5-6-23(28)18-9-12-20-22(13-18)26-14-16(2)21(15-27-3)24(20)17-7-10-19(25)11-8-17;1-4-6-7(3)5-2/h4-8,10-11,18,24,26,28H,9,12-15H2,1-3H3;7H,4-6H2,1-3H3/b5-4-,23-6-;. The van der Waals surface area contributed by atoms with Crippen LogP contribution in [-0.2, 0) is 4.74 Å². The predicted octanol–water partition coefficient (Wildman–Crippen LogP) is 8.75. The van der Waals surface area contributed by atoms with E-state index in [1.807, 2.05) is 25.1 Å². The smallest absolute Gasteiger partial charge is 0.123 e. The van der Waals surface area contributed by atoms with Crippen LogP contribution in [0.25, 0.3) is 0 Å². The molecule has 3 rings (SSSR count). The van der Waals surface area contributed by atoms with E-state index in [0.717, 1.165) is 42.2 Å². The van der Waals surface area contributed by atoms with Gasteiger partial charge in [0.1, 0.15) is 5.82 Å². The molecule has 4 heteroatoms. The van der Waals surface area contributed by atoms with Crippen LogP contribution in [0.5, 0.6) is 0 Å². The van der Waals surface area contributed by atoms with Crippen molar-refractivity contribution < 1.29 is 9.13 Å². The number of benzene rings is 1. The summed E-state index contributed by atoms with van der Waals surface area (Å²) >= 11 is 4.75. The van der Waals surface area contributed by atoms with Crippen LogP contribution in [0.1, 0.15) is 84.6 Å². The van der Waals surface area contributed by atoms with Gasteiger partial charge in [0.05, 0.1) is 6.61 Å². The molecule has 0 radical (unpaired) electrons. The molecule has 0 bridgehead atoms. The van der Waals surface area contributed by atoms with Crippen molar-refractivity contribution in [3.8, 4) is 0 Å². The van der Waals surface area contributed by atoms with Crippen LogP contribution in [0.4, 0.5) is 4.39 Å². The van der Waals surface area contributed by atoms with E-state index in [1.54, 1.807) is 19.2 Å². The Morgan fingerprint density at radius 3 is 2.54 bits per heavy atom. The van der Waals surface area contributed by atoms with Gasteiger partial charge in [-0.15, -0.1) is 12.6 Å². The van der Waals surface area contributed by atoms with E-state index in [4.69, 9.17) is 17.4 Å². The fourth-order valence-electron chi connectivity index (χ4n) is 4.97. The first-order valence-corrected chi connectivity index (χ1v) is 13.7. The second-order valence-electron chi connectivity index (χ2n) is 9.94. The highest BCUT2D eigenvalue weighted by atomic mass is 32.1. The summed E-state index contributed by atoms with van der Waals surface area (Å²) in [7, 11) is 1.74. The van der Waals surface area contributed by atoms with Crippen LogP contribution < -0.4 is 5.32 Å². The molecule has 0 saturated carbocycles. The van der Waals surface area contributed by atoms with Crippen molar-refractivity contribution in [3.63, 3.8) is 0 Å². The second-order valence-corrected chi connectivity index (χ2v) is 10.5. The van der Waals surface area contributed by atoms with Crippen molar-refractivity contribution in [1.29, 1.82) is 0 Å². The third-order valence-corrected chi connectivity index (χ3v) is 7.79. The molecule has 1 aromatic rings. The molecular weight excluding hydrogens is 453 g/mol. The number of allylic oxidation sites excluding steroid dienone is 6. The van der Waals surface area contributed by atoms with Crippen LogP contribution >= 0.6 is 12.6 Å². The Morgan fingerprint density at radius 1 is 1.26 bits per heavy atom. The zero-order valence-electron chi connectivity index (χ0n) is 22.7. The number of ether oxygens (including phenoxy) is 1. The third kappa shape index (κ3) is 8.68. The van der Waals surface area contributed by atoms with Gasteiger partial charge in [-0.2, -0.15) is 0 Å². The molecule has 1 N–H and O–H groups in total. The Morgan fingerprint density at radius 2 is 1.97 bits per heavy atom. The van der Waals surface area contributed by atoms with Crippen LogP contribution in [0.3, 0.4) is 0 Å². The average molecular weight is 500 g/mol. The van der Waals surface area contributed by atoms with Gasteiger partial charge in [0.25, 0.3) is 0 Å². The van der Waals surface area contributed by atoms with Crippen molar-refractivity contribution in [1.82, 2.24) is 5.32 Å². The Labute approximate surface area is 219 Å². The monoisotopic (exact) mass is 499 g/mol. The lowest BCUT2D eigenvalue weighted by molar-refractivity contribution is 0.220. The van der Waals surface area contributed by atoms with Crippen molar-refractivity contribution >= 4 is 12.6 Å². The van der Waals surface area contributed by atoms with E-state index < -0.39 is 0 Å². The van der Waals surface area contributed by atoms with E-state index in [2.05, 4.69) is 45.2 Å². The Hall–Kier alpha value is -1.78. The molecule has 0 aromatic heterocycles. The maximum Gasteiger partial charge on any atom is 0.123 e. The number of methoxy groups -OCH3 is 1. The van der Waals surface area contributed by atoms with E-state index in [1.165, 1.54) is 41.7 Å². The summed E-state index contributed by atoms with van der Waals surface area (Å²) in [4.78, 5) is 1.14. The maximum absolute atomic E-state index is 13.5. The van der Waals surface area contributed by atoms with Crippen molar-refractivity contribution in [2.24, 2.45) is 11.8 Å². The van der Waals surface area contributed by atoms with Crippen molar-refractivity contribution in [2.45, 2.75) is 79.1 Å². The molecular formula is C31H46FNOS. The number of nitrogens with one attached hydrogen (secondary N) is 1. The van der Waals surface area contributed by atoms with Gasteiger partial charge in [-0.05, 0) is 78.7 Å². The molecule has 0 spiro atoms. The van der Waals surface area contributed by atoms with Crippen LogP contribution in [0.15, 0.2) is 69.8 Å². The first-order valence-electron chi connectivity index (χ1n) is 13.3. The molecule has 1 aliphatic heterocycles. The summed E-state index contributed by atoms with van der Waals surface area (Å²) < 4.78 is 19.1. The highest BCUT2D eigenvalue weighted by molar-refractivity contribution is 7.84. The zero-order valence-corrected chi connectivity index (χ0v) is 23.6. The molecule has 0 amide bonds. The number of halogens is 1. The summed E-state index contributed by atoms with van der Waals surface area (Å²) in [5, 5.41) is 3.69. The SMILES string of the molecule is C/C=C\C=C(/S)C1CCC2=C(C1)NCC(C)=C(COC)C2c1ccc(F)cc1.CCCC(C)CC. The summed E-state index contributed by atoms with van der Waals surface area (Å²) in [6.07, 6.45) is 13.3. The minimum atomic E-state index is -0.198. The van der Waals surface area contributed by atoms with Gasteiger partial charge in [-0.1, -0.05) is 76.0 Å². The van der Waals surface area contributed by atoms with E-state index in [0.29, 0.717) is 12.5 Å². The van der Waals surface area contributed by atoms with Gasteiger partial charge in [0.15, 0.2) is 0 Å². The number of hydrogen-bond acceptors (Lipinski definition) is 3. The predicted molar refractivity (Wildman–Crippen MR) is 152 cm³/mol. The van der Waals surface area contributed by atoms with E-state index in [9.17, 15) is 4.39 Å². The van der Waals surface area contributed by atoms with E-state index in [-0.39, 0.29) is 11.7 Å². The summed E-state index contributed by atoms with van der Waals surface area (Å²) in [6, 6.07) is 6.96. The fourth-order valence-corrected chi connectivity index (χ4v) is 5.28. The number of hydrogen-bond donors (Lipinski definition) is 2. The van der Waals surface area contributed by atoms with Crippen LogP contribution in [0.2, 0.25) is 0 Å². The fraction of sp³-hybridized carbons (Fsp3) is 0.548. The van der Waals surface area contributed by atoms with Gasteiger partial charge in [0, 0.05) is 25.3 Å². The van der Waals surface area contributed by atoms with E-state index >= 15 is 0 Å². The molecule has 1 aromatic carbocycles. The molecule has 2 nitrogen and oxygen atoms in total. The van der Waals surface area contributed by atoms with Crippen LogP contribution in [0, 0.1) is 17.7 Å². The third-order valence-electron chi connectivity index (χ3n) is 7.27. The molecule has 1 aliphatic carbocycles. The minimum Gasteiger partial charge on any atom is -0.385 e. The lowest BCUT2D eigenvalue weighted by Crippen LogP contribution is -2.23. The summed E-state index contributed by atoms with van der Waals surface area (Å²) in [6.45, 7) is 12.4. The normalized spacial score (nSPS) is 21.8. The maximum atomic E-state index is 13.5. The molecule has 3 unspecified atom stereocenters. The topological polar surface area (TPSA) is 21.3 Å². The lowest BCUT2D eigenvalue weighted by Gasteiger charge is -2.32. The Balaban J connectivity index is 0.000000540. The largest absolute Gasteiger partial charge is 0.385 e. The molecule has 0 saturated heterocycles. The highest BCUT2D eigenvalue weighted by Gasteiger charge is 2.32. The van der Waals surface area contributed by atoms with Gasteiger partial charge in [-0.25, -0.2) is 4.39 Å². The first kappa shape index (κ1) is 29.5. The number of thiol groups is 1. The zero-order chi connectivity index (χ0) is 25.8. The first-order chi connectivity index (χ1) is 16.9. The van der Waals surface area contributed by atoms with Crippen molar-refractivity contribution in [3.05, 3.63) is 81.2 Å². The number of rotatable bonds is 8.